The maximum atomic E-state index is 13.4. The van der Waals surface area contributed by atoms with E-state index in [0.29, 0.717) is 12.5 Å². The normalized spacial score (nSPS) is 12.3. The molecule has 4 N–H and O–H groups in total. The second-order valence-electron chi connectivity index (χ2n) is 4.10. The van der Waals surface area contributed by atoms with E-state index in [4.69, 9.17) is 10.8 Å². The molecule has 7 heteroatoms. The van der Waals surface area contributed by atoms with E-state index in [1.807, 2.05) is 6.92 Å². The Bertz CT molecular complexity index is 481. The van der Waals surface area contributed by atoms with Crippen LogP contribution in [0, 0.1) is 17.5 Å². The predicted octanol–water partition coefficient (Wildman–Crippen LogP) is 1.67. The fourth-order valence-electron chi connectivity index (χ4n) is 1.43. The quantitative estimate of drug-likeness (QED) is 0.716. The number of rotatable bonds is 5. The van der Waals surface area contributed by atoms with Crippen LogP contribution >= 0.6 is 0 Å². The lowest BCUT2D eigenvalue weighted by molar-refractivity contribution is 0.0946. The van der Waals surface area contributed by atoms with Gasteiger partial charge in [0.1, 0.15) is 0 Å². The molecule has 1 atom stereocenters. The number of aromatic hydroxyl groups is 1. The summed E-state index contributed by atoms with van der Waals surface area (Å²) in [6.45, 7) is 2.05. The van der Waals surface area contributed by atoms with E-state index in [1.165, 1.54) is 0 Å². The van der Waals surface area contributed by atoms with Crippen molar-refractivity contribution in [2.45, 2.75) is 25.8 Å². The number of amides is 1. The summed E-state index contributed by atoms with van der Waals surface area (Å²) >= 11 is 0. The summed E-state index contributed by atoms with van der Waals surface area (Å²) in [4.78, 5) is 11.6. The molecule has 0 spiro atoms. The highest BCUT2D eigenvalue weighted by Crippen LogP contribution is 2.25. The summed E-state index contributed by atoms with van der Waals surface area (Å²) < 4.78 is 39.2. The Morgan fingerprint density at radius 1 is 1.42 bits per heavy atom. The number of carbonyl (C=O) groups excluding carboxylic acids is 1. The summed E-state index contributed by atoms with van der Waals surface area (Å²) in [5.74, 6) is -7.14. The van der Waals surface area contributed by atoms with E-state index in [9.17, 15) is 18.0 Å². The van der Waals surface area contributed by atoms with Crippen molar-refractivity contribution in [1.29, 1.82) is 0 Å². The number of hydrogen-bond acceptors (Lipinski definition) is 3. The molecule has 1 aromatic rings. The average Bonchev–Trinajstić information content (AvgIpc) is 2.39. The molecule has 19 heavy (non-hydrogen) atoms. The molecule has 0 radical (unpaired) electrons. The smallest absolute Gasteiger partial charge is 0.254 e. The van der Waals surface area contributed by atoms with Crippen LogP contribution in [0.5, 0.6) is 5.75 Å². The lowest BCUT2D eigenvalue weighted by atomic mass is 10.1. The minimum Gasteiger partial charge on any atom is -0.503 e. The number of phenolic OH excluding ortho intramolecular Hbond substituents is 1. The molecule has 0 aromatic heterocycles. The highest BCUT2D eigenvalue weighted by Gasteiger charge is 2.22. The van der Waals surface area contributed by atoms with E-state index in [2.05, 4.69) is 5.32 Å². The van der Waals surface area contributed by atoms with Gasteiger partial charge >= 0.3 is 0 Å². The molecule has 1 rings (SSSR count). The number of phenols is 1. The molecule has 0 saturated carbocycles. The topological polar surface area (TPSA) is 75.3 Å². The fourth-order valence-corrected chi connectivity index (χ4v) is 1.43. The first-order valence-electron chi connectivity index (χ1n) is 5.78. The van der Waals surface area contributed by atoms with Gasteiger partial charge in [0.25, 0.3) is 5.91 Å². The van der Waals surface area contributed by atoms with Gasteiger partial charge in [-0.3, -0.25) is 4.79 Å². The number of benzene rings is 1. The molecule has 0 aliphatic carbocycles. The monoisotopic (exact) mass is 276 g/mol. The number of halogens is 3. The Kier molecular flexibility index (Phi) is 5.17. The Labute approximate surface area is 108 Å². The number of hydrogen-bond donors (Lipinski definition) is 3. The van der Waals surface area contributed by atoms with Gasteiger partial charge in [-0.2, -0.15) is 4.39 Å². The van der Waals surface area contributed by atoms with Gasteiger partial charge in [0, 0.05) is 12.6 Å². The summed E-state index contributed by atoms with van der Waals surface area (Å²) in [5, 5.41) is 11.3. The van der Waals surface area contributed by atoms with E-state index in [-0.39, 0.29) is 12.6 Å². The van der Waals surface area contributed by atoms with Gasteiger partial charge in [0.05, 0.1) is 5.56 Å². The van der Waals surface area contributed by atoms with Crippen LogP contribution in [0.2, 0.25) is 0 Å². The average molecular weight is 276 g/mol. The standard InChI is InChI=1S/C12H15F3N2O2/c1-2-6(16)3-4-17-12(19)7-5-8(13)10(15)11(18)9(7)14/h5-6,18H,2-4,16H2,1H3,(H,17,19). The van der Waals surface area contributed by atoms with Crippen LogP contribution < -0.4 is 11.1 Å². The maximum absolute atomic E-state index is 13.4. The van der Waals surface area contributed by atoms with E-state index < -0.39 is 34.7 Å². The van der Waals surface area contributed by atoms with Gasteiger partial charge in [-0.05, 0) is 18.9 Å². The molecule has 0 saturated heterocycles. The molecule has 1 unspecified atom stereocenters. The first-order chi connectivity index (χ1) is 8.88. The van der Waals surface area contributed by atoms with Crippen molar-refractivity contribution in [2.24, 2.45) is 5.73 Å². The summed E-state index contributed by atoms with van der Waals surface area (Å²) in [6, 6.07) is 0.294. The summed E-state index contributed by atoms with van der Waals surface area (Å²) in [5.41, 5.74) is 4.87. The van der Waals surface area contributed by atoms with Crippen molar-refractivity contribution >= 4 is 5.91 Å². The van der Waals surface area contributed by atoms with Crippen LogP contribution in [0.3, 0.4) is 0 Å². The SMILES string of the molecule is CCC(N)CCNC(=O)c1cc(F)c(F)c(O)c1F. The van der Waals surface area contributed by atoms with Crippen molar-refractivity contribution in [3.05, 3.63) is 29.1 Å². The van der Waals surface area contributed by atoms with Crippen LogP contribution in [0.4, 0.5) is 13.2 Å². The van der Waals surface area contributed by atoms with Crippen molar-refractivity contribution in [2.75, 3.05) is 6.54 Å². The van der Waals surface area contributed by atoms with Crippen LogP contribution in [-0.4, -0.2) is 23.6 Å². The third-order valence-electron chi connectivity index (χ3n) is 2.70. The first-order valence-corrected chi connectivity index (χ1v) is 5.78. The number of carbonyl (C=O) groups is 1. The minimum absolute atomic E-state index is 0.108. The zero-order valence-corrected chi connectivity index (χ0v) is 10.3. The largest absolute Gasteiger partial charge is 0.503 e. The Morgan fingerprint density at radius 3 is 2.63 bits per heavy atom. The molecular weight excluding hydrogens is 261 g/mol. The summed E-state index contributed by atoms with van der Waals surface area (Å²) in [7, 11) is 0. The second kappa shape index (κ2) is 6.42. The molecule has 0 aliphatic rings. The highest BCUT2D eigenvalue weighted by atomic mass is 19.2. The molecular formula is C12H15F3N2O2. The van der Waals surface area contributed by atoms with Crippen molar-refractivity contribution in [1.82, 2.24) is 5.32 Å². The molecule has 1 aromatic carbocycles. The molecule has 1 amide bonds. The Balaban J connectivity index is 2.78. The molecule has 0 fully saturated rings. The number of nitrogens with one attached hydrogen (secondary N) is 1. The number of nitrogens with two attached hydrogens (primary N) is 1. The van der Waals surface area contributed by atoms with Crippen LogP contribution in [0.25, 0.3) is 0 Å². The Hall–Kier alpha value is -1.76. The molecule has 0 aliphatic heterocycles. The van der Waals surface area contributed by atoms with Crippen molar-refractivity contribution < 1.29 is 23.1 Å². The van der Waals surface area contributed by atoms with Crippen LogP contribution in [0.15, 0.2) is 6.07 Å². The lowest BCUT2D eigenvalue weighted by Crippen LogP contribution is -2.30. The minimum atomic E-state index is -1.72. The molecule has 0 heterocycles. The lowest BCUT2D eigenvalue weighted by Gasteiger charge is -2.10. The first kappa shape index (κ1) is 15.3. The van der Waals surface area contributed by atoms with E-state index in [0.717, 1.165) is 6.42 Å². The zero-order chi connectivity index (χ0) is 14.6. The van der Waals surface area contributed by atoms with Gasteiger partial charge in [0.15, 0.2) is 17.4 Å². The summed E-state index contributed by atoms with van der Waals surface area (Å²) in [6.07, 6.45) is 1.19. The van der Waals surface area contributed by atoms with Crippen LogP contribution in [-0.2, 0) is 0 Å². The van der Waals surface area contributed by atoms with Gasteiger partial charge < -0.3 is 16.2 Å². The van der Waals surface area contributed by atoms with Crippen molar-refractivity contribution in [3.63, 3.8) is 0 Å². The molecule has 0 bridgehead atoms. The fraction of sp³-hybridized carbons (Fsp3) is 0.417. The zero-order valence-electron chi connectivity index (χ0n) is 10.3. The Morgan fingerprint density at radius 2 is 2.05 bits per heavy atom. The van der Waals surface area contributed by atoms with E-state index in [1.54, 1.807) is 0 Å². The molecule has 4 nitrogen and oxygen atoms in total. The van der Waals surface area contributed by atoms with Gasteiger partial charge in [-0.25, -0.2) is 8.78 Å². The van der Waals surface area contributed by atoms with E-state index >= 15 is 0 Å². The molecule has 106 valence electrons. The highest BCUT2D eigenvalue weighted by molar-refractivity contribution is 5.94. The van der Waals surface area contributed by atoms with Gasteiger partial charge in [-0.15, -0.1) is 0 Å². The van der Waals surface area contributed by atoms with Gasteiger partial charge in [0.2, 0.25) is 5.82 Å². The predicted molar refractivity (Wildman–Crippen MR) is 63.2 cm³/mol. The van der Waals surface area contributed by atoms with Crippen LogP contribution in [0.1, 0.15) is 30.1 Å². The second-order valence-corrected chi connectivity index (χ2v) is 4.10. The van der Waals surface area contributed by atoms with Gasteiger partial charge in [-0.1, -0.05) is 6.92 Å². The third-order valence-corrected chi connectivity index (χ3v) is 2.70. The maximum Gasteiger partial charge on any atom is 0.254 e. The third kappa shape index (κ3) is 3.60. The van der Waals surface area contributed by atoms with Crippen molar-refractivity contribution in [3.8, 4) is 5.75 Å².